The Morgan fingerprint density at radius 1 is 1.13 bits per heavy atom. The van der Waals surface area contributed by atoms with Gasteiger partial charge in [-0.3, -0.25) is 0 Å². The molecule has 0 spiro atoms. The van der Waals surface area contributed by atoms with Crippen molar-refractivity contribution in [3.8, 4) is 5.75 Å². The fraction of sp³-hybridized carbons (Fsp3) is 0.211. The van der Waals surface area contributed by atoms with Crippen molar-refractivity contribution in [2.75, 3.05) is 7.11 Å². The van der Waals surface area contributed by atoms with Gasteiger partial charge in [0.05, 0.1) is 19.9 Å². The largest absolute Gasteiger partial charge is 0.496 e. The minimum Gasteiger partial charge on any atom is -0.496 e. The van der Waals surface area contributed by atoms with Gasteiger partial charge in [0.25, 0.3) is 0 Å². The first-order chi connectivity index (χ1) is 11.3. The summed E-state index contributed by atoms with van der Waals surface area (Å²) in [5.41, 5.74) is 6.54. The highest BCUT2D eigenvalue weighted by atomic mass is 16.5. The first-order valence-corrected chi connectivity index (χ1v) is 7.79. The van der Waals surface area contributed by atoms with Crippen LogP contribution in [0.3, 0.4) is 0 Å². The maximum absolute atomic E-state index is 5.34. The number of aryl methyl sites for hydroxylation is 1. The Bertz CT molecular complexity index is 820. The molecule has 0 saturated heterocycles. The molecule has 4 heteroatoms. The third-order valence-electron chi connectivity index (χ3n) is 3.92. The van der Waals surface area contributed by atoms with E-state index in [4.69, 9.17) is 4.74 Å². The van der Waals surface area contributed by atoms with E-state index in [0.29, 0.717) is 6.54 Å². The number of nitrogens with one attached hydrogen (secondary N) is 1. The molecule has 4 nitrogen and oxygen atoms in total. The molecule has 2 aromatic carbocycles. The maximum Gasteiger partial charge on any atom is 0.123 e. The van der Waals surface area contributed by atoms with Crippen LogP contribution in [0.2, 0.25) is 0 Å². The predicted octanol–water partition coefficient (Wildman–Crippen LogP) is 3.79. The van der Waals surface area contributed by atoms with Crippen molar-refractivity contribution in [3.05, 3.63) is 65.9 Å². The molecule has 0 saturated carbocycles. The number of benzene rings is 2. The average molecular weight is 307 g/mol. The summed E-state index contributed by atoms with van der Waals surface area (Å²) in [4.78, 5) is 0. The van der Waals surface area contributed by atoms with E-state index in [1.165, 1.54) is 10.9 Å². The monoisotopic (exact) mass is 307 g/mol. The van der Waals surface area contributed by atoms with E-state index in [9.17, 15) is 0 Å². The van der Waals surface area contributed by atoms with E-state index < -0.39 is 0 Å². The summed E-state index contributed by atoms with van der Waals surface area (Å²) in [6, 6.07) is 16.3. The van der Waals surface area contributed by atoms with Gasteiger partial charge in [-0.2, -0.15) is 5.10 Å². The summed E-state index contributed by atoms with van der Waals surface area (Å²) in [6.07, 6.45) is 4.02. The molecule has 0 radical (unpaired) electrons. The second-order valence-corrected chi connectivity index (χ2v) is 5.29. The molecule has 0 aliphatic carbocycles. The van der Waals surface area contributed by atoms with Crippen LogP contribution in [-0.2, 0) is 13.1 Å². The normalized spacial score (nSPS) is 11.2. The van der Waals surface area contributed by atoms with Gasteiger partial charge in [0.15, 0.2) is 0 Å². The van der Waals surface area contributed by atoms with E-state index in [0.717, 1.165) is 23.4 Å². The summed E-state index contributed by atoms with van der Waals surface area (Å²) >= 11 is 0. The molecular weight excluding hydrogens is 286 g/mol. The lowest BCUT2D eigenvalue weighted by Crippen LogP contribution is -2.06. The van der Waals surface area contributed by atoms with Crippen molar-refractivity contribution < 1.29 is 4.74 Å². The van der Waals surface area contributed by atoms with Gasteiger partial charge in [0.1, 0.15) is 5.75 Å². The summed E-state index contributed by atoms with van der Waals surface area (Å²) in [6.45, 7) is 3.73. The number of nitrogens with zero attached hydrogens (tertiary/aromatic N) is 2. The molecule has 1 N–H and O–H groups in total. The summed E-state index contributed by atoms with van der Waals surface area (Å²) < 4.78 is 7.57. The SMILES string of the molecule is CCn1cc(/C=N/NCc2ccccc2OC)c2ccccc21. The zero-order valence-electron chi connectivity index (χ0n) is 13.5. The smallest absolute Gasteiger partial charge is 0.123 e. The van der Waals surface area contributed by atoms with Gasteiger partial charge in [-0.15, -0.1) is 0 Å². The van der Waals surface area contributed by atoms with Crippen molar-refractivity contribution in [3.63, 3.8) is 0 Å². The third kappa shape index (κ3) is 3.21. The molecule has 1 aromatic heterocycles. The van der Waals surface area contributed by atoms with Crippen LogP contribution in [0.4, 0.5) is 0 Å². The highest BCUT2D eigenvalue weighted by Gasteiger charge is 2.05. The molecule has 118 valence electrons. The Hall–Kier alpha value is -2.75. The fourth-order valence-corrected chi connectivity index (χ4v) is 2.73. The Morgan fingerprint density at radius 2 is 1.91 bits per heavy atom. The molecule has 0 fully saturated rings. The molecule has 3 rings (SSSR count). The van der Waals surface area contributed by atoms with Gasteiger partial charge in [-0.25, -0.2) is 0 Å². The van der Waals surface area contributed by atoms with E-state index in [1.807, 2.05) is 30.5 Å². The summed E-state index contributed by atoms with van der Waals surface area (Å²) in [7, 11) is 1.68. The molecule has 1 heterocycles. The number of para-hydroxylation sites is 2. The second-order valence-electron chi connectivity index (χ2n) is 5.29. The van der Waals surface area contributed by atoms with Crippen molar-refractivity contribution in [1.29, 1.82) is 0 Å². The number of aromatic nitrogens is 1. The molecule has 0 unspecified atom stereocenters. The zero-order valence-corrected chi connectivity index (χ0v) is 13.5. The highest BCUT2D eigenvalue weighted by Crippen LogP contribution is 2.20. The minimum atomic E-state index is 0.632. The molecule has 3 aromatic rings. The number of hydrazone groups is 1. The van der Waals surface area contributed by atoms with Crippen molar-refractivity contribution >= 4 is 17.1 Å². The first-order valence-electron chi connectivity index (χ1n) is 7.79. The number of rotatable bonds is 6. The summed E-state index contributed by atoms with van der Waals surface area (Å²) in [5.74, 6) is 0.873. The van der Waals surface area contributed by atoms with Crippen LogP contribution in [0.1, 0.15) is 18.1 Å². The zero-order chi connectivity index (χ0) is 16.1. The quantitative estimate of drug-likeness (QED) is 0.556. The lowest BCUT2D eigenvalue weighted by atomic mass is 10.2. The topological polar surface area (TPSA) is 38.5 Å². The van der Waals surface area contributed by atoms with Crippen molar-refractivity contribution in [1.82, 2.24) is 9.99 Å². The Morgan fingerprint density at radius 3 is 2.74 bits per heavy atom. The van der Waals surface area contributed by atoms with Crippen LogP contribution in [-0.4, -0.2) is 17.9 Å². The van der Waals surface area contributed by atoms with Gasteiger partial charge >= 0.3 is 0 Å². The van der Waals surface area contributed by atoms with Gasteiger partial charge in [0.2, 0.25) is 0 Å². The minimum absolute atomic E-state index is 0.632. The molecule has 0 aliphatic heterocycles. The standard InChI is InChI=1S/C19H21N3O/c1-3-22-14-16(17-9-5-6-10-18(17)22)13-21-20-12-15-8-4-7-11-19(15)23-2/h4-11,13-14,20H,3,12H2,1-2H3/b21-13+. The molecule has 0 bridgehead atoms. The van der Waals surface area contributed by atoms with Gasteiger partial charge in [0, 0.05) is 34.8 Å². The lowest BCUT2D eigenvalue weighted by molar-refractivity contribution is 0.408. The Kier molecular flexibility index (Phi) is 4.62. The lowest BCUT2D eigenvalue weighted by Gasteiger charge is -2.07. The van der Waals surface area contributed by atoms with E-state index in [-0.39, 0.29) is 0 Å². The molecule has 0 aliphatic rings. The molecule has 0 amide bonds. The second kappa shape index (κ2) is 7.01. The number of hydrogen-bond donors (Lipinski definition) is 1. The number of ether oxygens (including phenoxy) is 1. The molecular formula is C19H21N3O. The van der Waals surface area contributed by atoms with E-state index in [2.05, 4.69) is 52.5 Å². The Balaban J connectivity index is 1.74. The van der Waals surface area contributed by atoms with Crippen molar-refractivity contribution in [2.45, 2.75) is 20.0 Å². The number of methoxy groups -OCH3 is 1. The highest BCUT2D eigenvalue weighted by molar-refractivity contribution is 5.99. The van der Waals surface area contributed by atoms with Crippen LogP contribution in [0.5, 0.6) is 5.75 Å². The third-order valence-corrected chi connectivity index (χ3v) is 3.92. The molecule has 0 atom stereocenters. The predicted molar refractivity (Wildman–Crippen MR) is 95.0 cm³/mol. The first kappa shape index (κ1) is 15.2. The van der Waals surface area contributed by atoms with Crippen LogP contribution in [0, 0.1) is 0 Å². The van der Waals surface area contributed by atoms with E-state index >= 15 is 0 Å². The number of hydrogen-bond acceptors (Lipinski definition) is 3. The maximum atomic E-state index is 5.34. The summed E-state index contributed by atoms with van der Waals surface area (Å²) in [5, 5.41) is 5.59. The van der Waals surface area contributed by atoms with Crippen LogP contribution >= 0.6 is 0 Å². The van der Waals surface area contributed by atoms with Crippen LogP contribution in [0.15, 0.2) is 59.8 Å². The fourth-order valence-electron chi connectivity index (χ4n) is 2.73. The van der Waals surface area contributed by atoms with Gasteiger partial charge < -0.3 is 14.7 Å². The molecule has 23 heavy (non-hydrogen) atoms. The average Bonchev–Trinajstić information content (AvgIpc) is 2.97. The van der Waals surface area contributed by atoms with Gasteiger partial charge in [-0.1, -0.05) is 36.4 Å². The van der Waals surface area contributed by atoms with Crippen LogP contribution in [0.25, 0.3) is 10.9 Å². The Labute approximate surface area is 136 Å². The van der Waals surface area contributed by atoms with Crippen LogP contribution < -0.4 is 10.2 Å². The van der Waals surface area contributed by atoms with Crippen molar-refractivity contribution in [2.24, 2.45) is 5.10 Å². The number of fused-ring (bicyclic) bond motifs is 1. The van der Waals surface area contributed by atoms with Gasteiger partial charge in [-0.05, 0) is 19.1 Å². The van der Waals surface area contributed by atoms with E-state index in [1.54, 1.807) is 7.11 Å².